The zero-order valence-electron chi connectivity index (χ0n) is 11.3. The maximum atomic E-state index is 5.61. The average molecular weight is 324 g/mol. The van der Waals surface area contributed by atoms with Gasteiger partial charge in [-0.15, -0.1) is 0 Å². The van der Waals surface area contributed by atoms with Crippen LogP contribution in [0.25, 0.3) is 0 Å². The van der Waals surface area contributed by atoms with Crippen molar-refractivity contribution in [1.82, 2.24) is 4.90 Å². The zero-order valence-corrected chi connectivity index (χ0v) is 12.9. The third-order valence-corrected chi connectivity index (χ3v) is 5.11. The molecule has 4 heteroatoms. The lowest BCUT2D eigenvalue weighted by Crippen LogP contribution is -2.61. The topological polar surface area (TPSA) is 32.5 Å². The van der Waals surface area contributed by atoms with Crippen LogP contribution in [0.15, 0.2) is 28.7 Å². The van der Waals surface area contributed by atoms with Gasteiger partial charge in [-0.25, -0.2) is 0 Å². The molecule has 2 N–H and O–H groups in total. The van der Waals surface area contributed by atoms with E-state index in [1.807, 2.05) is 0 Å². The van der Waals surface area contributed by atoms with E-state index in [1.165, 1.54) is 44.7 Å². The Morgan fingerprint density at radius 3 is 2.32 bits per heavy atom. The van der Waals surface area contributed by atoms with Crippen molar-refractivity contribution < 1.29 is 0 Å². The van der Waals surface area contributed by atoms with Crippen molar-refractivity contribution in [2.24, 2.45) is 11.1 Å². The largest absolute Gasteiger partial charge is 0.371 e. The molecule has 2 saturated heterocycles. The molecular weight excluding hydrogens is 302 g/mol. The van der Waals surface area contributed by atoms with Crippen LogP contribution in [0.5, 0.6) is 0 Å². The number of benzene rings is 1. The number of hydrogen-bond acceptors (Lipinski definition) is 3. The standard InChI is InChI=1S/C15H22BrN3/c16-13-1-3-14(4-2-13)19-8-5-15(6-9-19)11-18(12-15)10-7-17/h1-4H,5-12,17H2. The van der Waals surface area contributed by atoms with E-state index in [0.717, 1.165) is 17.6 Å². The van der Waals surface area contributed by atoms with Crippen molar-refractivity contribution >= 4 is 21.6 Å². The van der Waals surface area contributed by atoms with E-state index in [9.17, 15) is 0 Å². The van der Waals surface area contributed by atoms with Gasteiger partial charge in [-0.3, -0.25) is 0 Å². The van der Waals surface area contributed by atoms with Gasteiger partial charge in [0.2, 0.25) is 0 Å². The highest BCUT2D eigenvalue weighted by Crippen LogP contribution is 2.41. The first kappa shape index (κ1) is 13.4. The van der Waals surface area contributed by atoms with Gasteiger partial charge in [-0.1, -0.05) is 15.9 Å². The van der Waals surface area contributed by atoms with E-state index in [1.54, 1.807) is 0 Å². The maximum absolute atomic E-state index is 5.61. The summed E-state index contributed by atoms with van der Waals surface area (Å²) in [5.41, 5.74) is 7.57. The second-order valence-electron chi connectivity index (χ2n) is 5.96. The van der Waals surface area contributed by atoms with Crippen LogP contribution in [0.4, 0.5) is 5.69 Å². The van der Waals surface area contributed by atoms with Crippen molar-refractivity contribution in [3.63, 3.8) is 0 Å². The molecule has 1 aromatic carbocycles. The molecule has 0 saturated carbocycles. The summed E-state index contributed by atoms with van der Waals surface area (Å²) in [4.78, 5) is 5.01. The molecule has 19 heavy (non-hydrogen) atoms. The Hall–Kier alpha value is -0.580. The van der Waals surface area contributed by atoms with Gasteiger partial charge < -0.3 is 15.5 Å². The molecule has 1 aromatic rings. The second-order valence-corrected chi connectivity index (χ2v) is 6.88. The molecular formula is C15H22BrN3. The second kappa shape index (κ2) is 5.43. The first-order chi connectivity index (χ1) is 9.21. The number of hydrogen-bond donors (Lipinski definition) is 1. The summed E-state index contributed by atoms with van der Waals surface area (Å²) in [6.45, 7) is 6.77. The molecule has 0 amide bonds. The highest BCUT2D eigenvalue weighted by molar-refractivity contribution is 9.10. The summed E-state index contributed by atoms with van der Waals surface area (Å²) in [5, 5.41) is 0. The number of piperidine rings is 1. The van der Waals surface area contributed by atoms with Gasteiger partial charge in [0, 0.05) is 49.4 Å². The molecule has 104 valence electrons. The lowest BCUT2D eigenvalue weighted by atomic mass is 9.72. The fraction of sp³-hybridized carbons (Fsp3) is 0.600. The van der Waals surface area contributed by atoms with Crippen molar-refractivity contribution in [2.45, 2.75) is 12.8 Å². The number of anilines is 1. The van der Waals surface area contributed by atoms with Gasteiger partial charge in [-0.2, -0.15) is 0 Å². The van der Waals surface area contributed by atoms with Gasteiger partial charge >= 0.3 is 0 Å². The third-order valence-electron chi connectivity index (χ3n) is 4.58. The van der Waals surface area contributed by atoms with Gasteiger partial charge in [0.25, 0.3) is 0 Å². The van der Waals surface area contributed by atoms with E-state index in [2.05, 4.69) is 50.0 Å². The first-order valence-corrected chi connectivity index (χ1v) is 7.93. The summed E-state index contributed by atoms with van der Waals surface area (Å²) < 4.78 is 1.15. The van der Waals surface area contributed by atoms with Gasteiger partial charge in [-0.05, 0) is 42.5 Å². The summed E-state index contributed by atoms with van der Waals surface area (Å²) >= 11 is 3.49. The highest BCUT2D eigenvalue weighted by atomic mass is 79.9. The lowest BCUT2D eigenvalue weighted by molar-refractivity contribution is -0.0158. The molecule has 2 aliphatic heterocycles. The predicted octanol–water partition coefficient (Wildman–Crippen LogP) is 2.31. The number of nitrogens with two attached hydrogens (primary N) is 1. The minimum atomic E-state index is 0.598. The van der Waals surface area contributed by atoms with E-state index in [-0.39, 0.29) is 0 Å². The van der Waals surface area contributed by atoms with Crippen LogP contribution in [0.3, 0.4) is 0 Å². The first-order valence-electron chi connectivity index (χ1n) is 7.14. The molecule has 3 nitrogen and oxygen atoms in total. The minimum absolute atomic E-state index is 0.598. The van der Waals surface area contributed by atoms with E-state index >= 15 is 0 Å². The van der Waals surface area contributed by atoms with Crippen LogP contribution in [0.1, 0.15) is 12.8 Å². The van der Waals surface area contributed by atoms with E-state index < -0.39 is 0 Å². The Labute approximate surface area is 123 Å². The van der Waals surface area contributed by atoms with Crippen LogP contribution in [-0.2, 0) is 0 Å². The predicted molar refractivity (Wildman–Crippen MR) is 83.5 cm³/mol. The fourth-order valence-electron chi connectivity index (χ4n) is 3.45. The Morgan fingerprint density at radius 1 is 1.11 bits per heavy atom. The molecule has 3 rings (SSSR count). The summed E-state index contributed by atoms with van der Waals surface area (Å²) in [5.74, 6) is 0. The van der Waals surface area contributed by atoms with Crippen molar-refractivity contribution in [2.75, 3.05) is 44.2 Å². The number of halogens is 1. The van der Waals surface area contributed by atoms with Crippen LogP contribution in [-0.4, -0.2) is 44.2 Å². The van der Waals surface area contributed by atoms with Gasteiger partial charge in [0.05, 0.1) is 0 Å². The van der Waals surface area contributed by atoms with Crippen LogP contribution >= 0.6 is 15.9 Å². The molecule has 0 bridgehead atoms. The lowest BCUT2D eigenvalue weighted by Gasteiger charge is -2.54. The van der Waals surface area contributed by atoms with Crippen LogP contribution < -0.4 is 10.6 Å². The van der Waals surface area contributed by atoms with Crippen LogP contribution in [0.2, 0.25) is 0 Å². The molecule has 1 spiro atoms. The molecule has 0 atom stereocenters. The SMILES string of the molecule is NCCN1CC2(CCN(c3ccc(Br)cc3)CC2)C1. The number of likely N-dealkylation sites (tertiary alicyclic amines) is 1. The Bertz CT molecular complexity index is 416. The quantitative estimate of drug-likeness (QED) is 0.926. The van der Waals surface area contributed by atoms with Gasteiger partial charge in [0.1, 0.15) is 0 Å². The maximum Gasteiger partial charge on any atom is 0.0366 e. The average Bonchev–Trinajstić information content (AvgIpc) is 2.39. The van der Waals surface area contributed by atoms with Crippen molar-refractivity contribution in [1.29, 1.82) is 0 Å². The Morgan fingerprint density at radius 2 is 1.74 bits per heavy atom. The number of nitrogens with zero attached hydrogens (tertiary/aromatic N) is 2. The molecule has 0 aromatic heterocycles. The molecule has 2 aliphatic rings. The normalized spacial score (nSPS) is 22.5. The molecule has 2 fully saturated rings. The minimum Gasteiger partial charge on any atom is -0.371 e. The molecule has 0 unspecified atom stereocenters. The van der Waals surface area contributed by atoms with Gasteiger partial charge in [0.15, 0.2) is 0 Å². The highest BCUT2D eigenvalue weighted by Gasteiger charge is 2.44. The van der Waals surface area contributed by atoms with E-state index in [0.29, 0.717) is 5.41 Å². The summed E-state index contributed by atoms with van der Waals surface area (Å²) in [6, 6.07) is 8.69. The molecule has 2 heterocycles. The molecule has 0 radical (unpaired) electrons. The third kappa shape index (κ3) is 2.81. The van der Waals surface area contributed by atoms with E-state index in [4.69, 9.17) is 5.73 Å². The summed E-state index contributed by atoms with van der Waals surface area (Å²) in [7, 11) is 0. The Kier molecular flexibility index (Phi) is 3.83. The zero-order chi connectivity index (χ0) is 13.3. The smallest absolute Gasteiger partial charge is 0.0366 e. The van der Waals surface area contributed by atoms with Crippen molar-refractivity contribution in [3.05, 3.63) is 28.7 Å². The molecule has 0 aliphatic carbocycles. The monoisotopic (exact) mass is 323 g/mol. The fourth-order valence-corrected chi connectivity index (χ4v) is 3.71. The van der Waals surface area contributed by atoms with Crippen molar-refractivity contribution in [3.8, 4) is 0 Å². The van der Waals surface area contributed by atoms with Crippen LogP contribution in [0, 0.1) is 5.41 Å². The number of rotatable bonds is 3. The summed E-state index contributed by atoms with van der Waals surface area (Å²) in [6.07, 6.45) is 2.65. The Balaban J connectivity index is 1.54.